The molecule has 2 atom stereocenters. The number of likely N-dealkylation sites (tertiary alicyclic amines) is 1. The lowest BCUT2D eigenvalue weighted by atomic mass is 10.1. The normalized spacial score (nSPS) is 21.9. The van der Waals surface area contributed by atoms with Gasteiger partial charge < -0.3 is 20.1 Å². The first-order valence-corrected chi connectivity index (χ1v) is 6.90. The van der Waals surface area contributed by atoms with Crippen molar-refractivity contribution < 1.29 is 14.3 Å². The van der Waals surface area contributed by atoms with Crippen molar-refractivity contribution in [2.24, 2.45) is 11.7 Å². The molecule has 5 nitrogen and oxygen atoms in total. The molecule has 0 spiro atoms. The maximum atomic E-state index is 12.1. The maximum absolute atomic E-state index is 12.1. The van der Waals surface area contributed by atoms with Gasteiger partial charge in [-0.25, -0.2) is 0 Å². The molecule has 1 aromatic carbocycles. The monoisotopic (exact) mass is 278 g/mol. The molecule has 1 aliphatic rings. The van der Waals surface area contributed by atoms with E-state index in [1.165, 1.54) is 0 Å². The average Bonchev–Trinajstić information content (AvgIpc) is 2.86. The highest BCUT2D eigenvalue weighted by Crippen LogP contribution is 2.22. The first kappa shape index (κ1) is 14.7. The van der Waals surface area contributed by atoms with Crippen LogP contribution in [0, 0.1) is 5.92 Å². The fourth-order valence-corrected chi connectivity index (χ4v) is 2.56. The first-order valence-electron chi connectivity index (χ1n) is 6.90. The number of ether oxygens (including phenoxy) is 2. The van der Waals surface area contributed by atoms with E-state index in [0.29, 0.717) is 18.2 Å². The van der Waals surface area contributed by atoms with E-state index in [0.717, 1.165) is 18.7 Å². The molecular formula is C15H22N2O3. The number of methoxy groups -OCH3 is 1. The standard InChI is InChI=1S/C15H22N2O3/c1-11-7-12(8-16)9-17(11)15(18)10-20-14-5-3-13(19-2)4-6-14/h3-6,11-12H,7-10,16H2,1-2H3. The maximum Gasteiger partial charge on any atom is 0.260 e. The number of nitrogens with zero attached hydrogens (tertiary/aromatic N) is 1. The molecule has 0 aromatic heterocycles. The van der Waals surface area contributed by atoms with Crippen LogP contribution in [0.5, 0.6) is 11.5 Å². The smallest absolute Gasteiger partial charge is 0.260 e. The number of carbonyl (C=O) groups excluding carboxylic acids is 1. The van der Waals surface area contributed by atoms with Crippen molar-refractivity contribution in [2.75, 3.05) is 26.8 Å². The number of carbonyl (C=O) groups is 1. The summed E-state index contributed by atoms with van der Waals surface area (Å²) in [4.78, 5) is 14.0. The lowest BCUT2D eigenvalue weighted by molar-refractivity contribution is -0.134. The van der Waals surface area contributed by atoms with Crippen LogP contribution in [-0.4, -0.2) is 43.7 Å². The summed E-state index contributed by atoms with van der Waals surface area (Å²) in [6, 6.07) is 7.45. The summed E-state index contributed by atoms with van der Waals surface area (Å²) in [7, 11) is 1.61. The van der Waals surface area contributed by atoms with Crippen molar-refractivity contribution in [2.45, 2.75) is 19.4 Å². The molecule has 0 bridgehead atoms. The van der Waals surface area contributed by atoms with Crippen molar-refractivity contribution in [3.63, 3.8) is 0 Å². The Kier molecular flexibility index (Phi) is 4.84. The van der Waals surface area contributed by atoms with Gasteiger partial charge in [0.25, 0.3) is 5.91 Å². The van der Waals surface area contributed by atoms with E-state index >= 15 is 0 Å². The van der Waals surface area contributed by atoms with Gasteiger partial charge in [0.2, 0.25) is 0 Å². The Bertz CT molecular complexity index is 447. The number of benzene rings is 1. The molecule has 2 unspecified atom stereocenters. The second kappa shape index (κ2) is 6.61. The first-order chi connectivity index (χ1) is 9.63. The van der Waals surface area contributed by atoms with Gasteiger partial charge in [-0.1, -0.05) is 0 Å². The molecule has 0 aliphatic carbocycles. The van der Waals surface area contributed by atoms with Crippen LogP contribution in [0.15, 0.2) is 24.3 Å². The van der Waals surface area contributed by atoms with Crippen molar-refractivity contribution in [3.05, 3.63) is 24.3 Å². The topological polar surface area (TPSA) is 64.8 Å². The Morgan fingerprint density at radius 3 is 2.55 bits per heavy atom. The summed E-state index contributed by atoms with van der Waals surface area (Å²) in [6.45, 7) is 3.49. The van der Waals surface area contributed by atoms with Crippen LogP contribution in [0.1, 0.15) is 13.3 Å². The van der Waals surface area contributed by atoms with E-state index in [1.807, 2.05) is 17.0 Å². The Balaban J connectivity index is 1.85. The van der Waals surface area contributed by atoms with Crippen molar-refractivity contribution in [3.8, 4) is 11.5 Å². The predicted octanol–water partition coefficient (Wildman–Crippen LogP) is 1.27. The van der Waals surface area contributed by atoms with Crippen LogP contribution in [-0.2, 0) is 4.79 Å². The minimum atomic E-state index is 0.0178. The quantitative estimate of drug-likeness (QED) is 0.881. The van der Waals surface area contributed by atoms with Gasteiger partial charge in [0.1, 0.15) is 11.5 Å². The highest BCUT2D eigenvalue weighted by atomic mass is 16.5. The number of rotatable bonds is 5. The molecular weight excluding hydrogens is 256 g/mol. The lowest BCUT2D eigenvalue weighted by Crippen LogP contribution is -2.37. The Hall–Kier alpha value is -1.75. The van der Waals surface area contributed by atoms with E-state index in [4.69, 9.17) is 15.2 Å². The summed E-state index contributed by atoms with van der Waals surface area (Å²) >= 11 is 0. The molecule has 1 amide bonds. The number of amides is 1. The van der Waals surface area contributed by atoms with Crippen molar-refractivity contribution >= 4 is 5.91 Å². The van der Waals surface area contributed by atoms with Gasteiger partial charge in [-0.2, -0.15) is 0 Å². The van der Waals surface area contributed by atoms with Gasteiger partial charge in [-0.3, -0.25) is 4.79 Å². The molecule has 1 aromatic rings. The van der Waals surface area contributed by atoms with E-state index in [-0.39, 0.29) is 18.6 Å². The molecule has 20 heavy (non-hydrogen) atoms. The summed E-state index contributed by atoms with van der Waals surface area (Å²) in [5.74, 6) is 1.86. The molecule has 1 heterocycles. The van der Waals surface area contributed by atoms with Gasteiger partial charge in [0.15, 0.2) is 6.61 Å². The highest BCUT2D eigenvalue weighted by molar-refractivity contribution is 5.78. The van der Waals surface area contributed by atoms with Crippen LogP contribution >= 0.6 is 0 Å². The van der Waals surface area contributed by atoms with Gasteiger partial charge in [-0.15, -0.1) is 0 Å². The largest absolute Gasteiger partial charge is 0.497 e. The van der Waals surface area contributed by atoms with Crippen LogP contribution in [0.4, 0.5) is 0 Å². The van der Waals surface area contributed by atoms with Gasteiger partial charge in [-0.05, 0) is 50.1 Å². The molecule has 1 aliphatic heterocycles. The van der Waals surface area contributed by atoms with Crippen LogP contribution in [0.3, 0.4) is 0 Å². The van der Waals surface area contributed by atoms with Crippen LogP contribution < -0.4 is 15.2 Å². The van der Waals surface area contributed by atoms with E-state index < -0.39 is 0 Å². The van der Waals surface area contributed by atoms with Gasteiger partial charge in [0.05, 0.1) is 7.11 Å². The third-order valence-electron chi connectivity index (χ3n) is 3.74. The minimum Gasteiger partial charge on any atom is -0.497 e. The lowest BCUT2D eigenvalue weighted by Gasteiger charge is -2.21. The SMILES string of the molecule is COc1ccc(OCC(=O)N2CC(CN)CC2C)cc1. The van der Waals surface area contributed by atoms with Crippen LogP contribution in [0.25, 0.3) is 0 Å². The van der Waals surface area contributed by atoms with E-state index in [9.17, 15) is 4.79 Å². The number of hydrogen-bond acceptors (Lipinski definition) is 4. The minimum absolute atomic E-state index is 0.0178. The molecule has 110 valence electrons. The van der Waals surface area contributed by atoms with Crippen LogP contribution in [0.2, 0.25) is 0 Å². The molecule has 1 fully saturated rings. The Morgan fingerprint density at radius 2 is 2.00 bits per heavy atom. The predicted molar refractivity (Wildman–Crippen MR) is 76.8 cm³/mol. The summed E-state index contributed by atoms with van der Waals surface area (Å²) in [6.07, 6.45) is 0.977. The van der Waals surface area contributed by atoms with Gasteiger partial charge in [0, 0.05) is 12.6 Å². The average molecular weight is 278 g/mol. The van der Waals surface area contributed by atoms with E-state index in [2.05, 4.69) is 6.92 Å². The zero-order valence-corrected chi connectivity index (χ0v) is 12.0. The summed E-state index contributed by atoms with van der Waals surface area (Å²) in [5, 5.41) is 0. The number of hydrogen-bond donors (Lipinski definition) is 1. The van der Waals surface area contributed by atoms with Crippen molar-refractivity contribution in [1.29, 1.82) is 0 Å². The molecule has 0 radical (unpaired) electrons. The number of nitrogens with two attached hydrogens (primary N) is 1. The summed E-state index contributed by atoms with van der Waals surface area (Å²) in [5.41, 5.74) is 5.67. The second-order valence-electron chi connectivity index (χ2n) is 5.20. The Morgan fingerprint density at radius 1 is 1.35 bits per heavy atom. The molecule has 0 saturated carbocycles. The molecule has 2 rings (SSSR count). The zero-order chi connectivity index (χ0) is 14.5. The van der Waals surface area contributed by atoms with Crippen molar-refractivity contribution in [1.82, 2.24) is 4.90 Å². The highest BCUT2D eigenvalue weighted by Gasteiger charge is 2.31. The second-order valence-corrected chi connectivity index (χ2v) is 5.20. The molecule has 5 heteroatoms. The third-order valence-corrected chi connectivity index (χ3v) is 3.74. The molecule has 2 N–H and O–H groups in total. The van der Waals surface area contributed by atoms with Gasteiger partial charge >= 0.3 is 0 Å². The van der Waals surface area contributed by atoms with E-state index in [1.54, 1.807) is 19.2 Å². The third kappa shape index (κ3) is 3.42. The Labute approximate surface area is 119 Å². The zero-order valence-electron chi connectivity index (χ0n) is 12.0. The molecule has 1 saturated heterocycles. The summed E-state index contributed by atoms with van der Waals surface area (Å²) < 4.78 is 10.6. The fourth-order valence-electron chi connectivity index (χ4n) is 2.56. The fraction of sp³-hybridized carbons (Fsp3) is 0.533.